The maximum atomic E-state index is 13.4. The van der Waals surface area contributed by atoms with Gasteiger partial charge in [-0.3, -0.25) is 4.79 Å². The number of likely N-dealkylation sites (N-methyl/N-ethyl adjacent to an activating group) is 1. The van der Waals surface area contributed by atoms with Crippen LogP contribution in [0.1, 0.15) is 25.8 Å². The third-order valence-corrected chi connectivity index (χ3v) is 3.28. The van der Waals surface area contributed by atoms with Crippen LogP contribution in [0, 0.1) is 11.2 Å². The van der Waals surface area contributed by atoms with Crippen molar-refractivity contribution in [2.45, 2.75) is 26.7 Å². The first-order valence-electron chi connectivity index (χ1n) is 6.53. The standard InChI is InChI=1S/C15H23FN2O/c1-15(2,11-17)10-14(19)18(3)9-8-12-6-4-5-7-13(12)16/h4-7H,8-11,17H2,1-3H3. The first-order chi connectivity index (χ1) is 8.85. The fourth-order valence-electron chi connectivity index (χ4n) is 1.73. The van der Waals surface area contributed by atoms with Crippen molar-refractivity contribution in [1.29, 1.82) is 0 Å². The van der Waals surface area contributed by atoms with Gasteiger partial charge in [0.2, 0.25) is 5.91 Å². The molecule has 0 aliphatic carbocycles. The summed E-state index contributed by atoms with van der Waals surface area (Å²) in [5, 5.41) is 0. The fourth-order valence-corrected chi connectivity index (χ4v) is 1.73. The van der Waals surface area contributed by atoms with Gasteiger partial charge in [0.15, 0.2) is 0 Å². The van der Waals surface area contributed by atoms with Gasteiger partial charge < -0.3 is 10.6 Å². The first kappa shape index (κ1) is 15.6. The number of rotatable bonds is 6. The summed E-state index contributed by atoms with van der Waals surface area (Å²) in [4.78, 5) is 13.6. The van der Waals surface area contributed by atoms with E-state index in [-0.39, 0.29) is 17.1 Å². The summed E-state index contributed by atoms with van der Waals surface area (Å²) in [7, 11) is 1.75. The molecule has 3 nitrogen and oxygen atoms in total. The van der Waals surface area contributed by atoms with E-state index in [1.54, 1.807) is 30.1 Å². The molecule has 0 heterocycles. The average molecular weight is 266 g/mol. The summed E-state index contributed by atoms with van der Waals surface area (Å²) in [5.41, 5.74) is 6.07. The zero-order valence-corrected chi connectivity index (χ0v) is 11.9. The van der Waals surface area contributed by atoms with E-state index in [9.17, 15) is 9.18 Å². The van der Waals surface area contributed by atoms with E-state index < -0.39 is 0 Å². The van der Waals surface area contributed by atoms with E-state index in [1.165, 1.54) is 6.07 Å². The highest BCUT2D eigenvalue weighted by Crippen LogP contribution is 2.19. The quantitative estimate of drug-likeness (QED) is 0.858. The van der Waals surface area contributed by atoms with Gasteiger partial charge in [0.25, 0.3) is 0 Å². The minimum atomic E-state index is -0.217. The van der Waals surface area contributed by atoms with Crippen molar-refractivity contribution in [3.63, 3.8) is 0 Å². The Balaban J connectivity index is 2.50. The molecule has 1 amide bonds. The summed E-state index contributed by atoms with van der Waals surface area (Å²) < 4.78 is 13.4. The number of benzene rings is 1. The monoisotopic (exact) mass is 266 g/mol. The zero-order chi connectivity index (χ0) is 14.5. The number of nitrogens with two attached hydrogens (primary N) is 1. The highest BCUT2D eigenvalue weighted by molar-refractivity contribution is 5.76. The van der Waals surface area contributed by atoms with Crippen molar-refractivity contribution in [3.8, 4) is 0 Å². The van der Waals surface area contributed by atoms with Gasteiger partial charge in [-0.1, -0.05) is 32.0 Å². The average Bonchev–Trinajstić information content (AvgIpc) is 2.37. The topological polar surface area (TPSA) is 46.3 Å². The maximum Gasteiger partial charge on any atom is 0.222 e. The van der Waals surface area contributed by atoms with Crippen molar-refractivity contribution < 1.29 is 9.18 Å². The van der Waals surface area contributed by atoms with E-state index in [2.05, 4.69) is 0 Å². The number of nitrogens with zero attached hydrogens (tertiary/aromatic N) is 1. The van der Waals surface area contributed by atoms with E-state index >= 15 is 0 Å². The Bertz CT molecular complexity index is 432. The van der Waals surface area contributed by atoms with Gasteiger partial charge in [0.1, 0.15) is 5.82 Å². The molecule has 1 aromatic carbocycles. The molecule has 0 aromatic heterocycles. The van der Waals surface area contributed by atoms with Crippen LogP contribution in [-0.4, -0.2) is 30.9 Å². The molecule has 0 saturated carbocycles. The molecule has 4 heteroatoms. The Hall–Kier alpha value is -1.42. The molecule has 0 fully saturated rings. The molecule has 0 aliphatic heterocycles. The van der Waals surface area contributed by atoms with Crippen molar-refractivity contribution >= 4 is 5.91 Å². The van der Waals surface area contributed by atoms with Crippen LogP contribution >= 0.6 is 0 Å². The largest absolute Gasteiger partial charge is 0.345 e. The van der Waals surface area contributed by atoms with E-state index in [1.807, 2.05) is 13.8 Å². The van der Waals surface area contributed by atoms with Crippen molar-refractivity contribution in [2.75, 3.05) is 20.1 Å². The van der Waals surface area contributed by atoms with Gasteiger partial charge in [-0.05, 0) is 30.0 Å². The zero-order valence-electron chi connectivity index (χ0n) is 11.9. The van der Waals surface area contributed by atoms with Crippen LogP contribution in [0.2, 0.25) is 0 Å². The van der Waals surface area contributed by atoms with Gasteiger partial charge in [0.05, 0.1) is 0 Å². The maximum absolute atomic E-state index is 13.4. The Morgan fingerprint density at radius 3 is 2.58 bits per heavy atom. The molecule has 1 aromatic rings. The molecule has 0 radical (unpaired) electrons. The highest BCUT2D eigenvalue weighted by Gasteiger charge is 2.22. The Labute approximate surface area is 114 Å². The van der Waals surface area contributed by atoms with Gasteiger partial charge in [-0.2, -0.15) is 0 Å². The van der Waals surface area contributed by atoms with Crippen LogP contribution in [0.15, 0.2) is 24.3 Å². The predicted molar refractivity (Wildman–Crippen MR) is 75.2 cm³/mol. The molecule has 0 spiro atoms. The number of carbonyl (C=O) groups is 1. The minimum Gasteiger partial charge on any atom is -0.345 e. The molecule has 0 saturated heterocycles. The molecule has 0 aliphatic rings. The number of carbonyl (C=O) groups excluding carboxylic acids is 1. The van der Waals surface area contributed by atoms with Gasteiger partial charge >= 0.3 is 0 Å². The SMILES string of the molecule is CN(CCc1ccccc1F)C(=O)CC(C)(C)CN. The predicted octanol–water partition coefficient (Wildman–Crippen LogP) is 2.20. The van der Waals surface area contributed by atoms with E-state index in [0.29, 0.717) is 31.5 Å². The summed E-state index contributed by atoms with van der Waals surface area (Å²) in [6.45, 7) is 4.92. The number of amides is 1. The lowest BCUT2D eigenvalue weighted by Crippen LogP contribution is -2.35. The molecular weight excluding hydrogens is 243 g/mol. The number of halogens is 1. The summed E-state index contributed by atoms with van der Waals surface area (Å²) in [6.07, 6.45) is 0.940. The first-order valence-corrected chi connectivity index (χ1v) is 6.53. The normalized spacial score (nSPS) is 11.4. The lowest BCUT2D eigenvalue weighted by Gasteiger charge is -2.25. The summed E-state index contributed by atoms with van der Waals surface area (Å²) in [5.74, 6) is -0.169. The van der Waals surface area contributed by atoms with Crippen LogP contribution in [-0.2, 0) is 11.2 Å². The van der Waals surface area contributed by atoms with Crippen LogP contribution in [0.5, 0.6) is 0 Å². The molecule has 1 rings (SSSR count). The highest BCUT2D eigenvalue weighted by atomic mass is 19.1. The Kier molecular flexibility index (Phi) is 5.48. The molecule has 0 bridgehead atoms. The summed E-state index contributed by atoms with van der Waals surface area (Å²) >= 11 is 0. The van der Waals surface area contributed by atoms with Crippen molar-refractivity contribution in [3.05, 3.63) is 35.6 Å². The van der Waals surface area contributed by atoms with Gasteiger partial charge in [-0.15, -0.1) is 0 Å². The smallest absolute Gasteiger partial charge is 0.222 e. The lowest BCUT2D eigenvalue weighted by molar-refractivity contribution is -0.131. The molecule has 2 N–H and O–H groups in total. The van der Waals surface area contributed by atoms with Crippen molar-refractivity contribution in [2.24, 2.45) is 11.1 Å². The molecular formula is C15H23FN2O. The third-order valence-electron chi connectivity index (χ3n) is 3.28. The Morgan fingerprint density at radius 2 is 2.00 bits per heavy atom. The summed E-state index contributed by atoms with van der Waals surface area (Å²) in [6, 6.07) is 6.65. The molecule has 106 valence electrons. The van der Waals surface area contributed by atoms with E-state index in [4.69, 9.17) is 5.73 Å². The molecule has 19 heavy (non-hydrogen) atoms. The van der Waals surface area contributed by atoms with Gasteiger partial charge in [-0.25, -0.2) is 4.39 Å². The van der Waals surface area contributed by atoms with Crippen molar-refractivity contribution in [1.82, 2.24) is 4.90 Å². The third kappa shape index (κ3) is 4.99. The Morgan fingerprint density at radius 1 is 1.37 bits per heavy atom. The lowest BCUT2D eigenvalue weighted by atomic mass is 9.89. The second kappa shape index (κ2) is 6.66. The minimum absolute atomic E-state index is 0.0480. The molecule has 0 unspecified atom stereocenters. The number of hydrogen-bond acceptors (Lipinski definition) is 2. The van der Waals surface area contributed by atoms with Crippen LogP contribution in [0.4, 0.5) is 4.39 Å². The molecule has 0 atom stereocenters. The van der Waals surface area contributed by atoms with Crippen LogP contribution < -0.4 is 5.73 Å². The van der Waals surface area contributed by atoms with Crippen LogP contribution in [0.25, 0.3) is 0 Å². The van der Waals surface area contributed by atoms with Gasteiger partial charge in [0, 0.05) is 20.0 Å². The fraction of sp³-hybridized carbons (Fsp3) is 0.533. The number of hydrogen-bond donors (Lipinski definition) is 1. The van der Waals surface area contributed by atoms with Crippen LogP contribution in [0.3, 0.4) is 0 Å². The second-order valence-electron chi connectivity index (χ2n) is 5.70. The second-order valence-corrected chi connectivity index (χ2v) is 5.70. The van der Waals surface area contributed by atoms with E-state index in [0.717, 1.165) is 0 Å².